The van der Waals surface area contributed by atoms with Gasteiger partial charge in [-0.05, 0) is 41.5 Å². The topological polar surface area (TPSA) is 110 Å². The van der Waals surface area contributed by atoms with Crippen molar-refractivity contribution < 1.29 is 14.4 Å². The first kappa shape index (κ1) is 17.7. The number of thioether (sulfide) groups is 1. The van der Waals surface area contributed by atoms with Gasteiger partial charge in [0, 0.05) is 5.56 Å². The molecule has 4 rings (SSSR count). The summed E-state index contributed by atoms with van der Waals surface area (Å²) in [6, 6.07) is 6.45. The van der Waals surface area contributed by atoms with Crippen molar-refractivity contribution in [1.29, 1.82) is 0 Å². The predicted molar refractivity (Wildman–Crippen MR) is 97.4 cm³/mol. The lowest BCUT2D eigenvalue weighted by molar-refractivity contribution is -0.127. The Morgan fingerprint density at radius 3 is 2.81 bits per heavy atom. The lowest BCUT2D eigenvalue weighted by Gasteiger charge is -2.36. The van der Waals surface area contributed by atoms with Crippen molar-refractivity contribution in [2.24, 2.45) is 0 Å². The SMILES string of the molecule is O=C(N[C@H]1CCCC[C@H]1N1C(=O)CSC1=O)c1cccc(-n2cnnn2)c1. The van der Waals surface area contributed by atoms with Crippen LogP contribution in [0, 0.1) is 0 Å². The molecule has 3 amide bonds. The van der Waals surface area contributed by atoms with E-state index in [-0.39, 0.29) is 34.9 Å². The molecule has 2 fully saturated rings. The molecule has 0 bridgehead atoms. The maximum atomic E-state index is 12.8. The molecular formula is C17H18N6O3S. The molecule has 9 nitrogen and oxygen atoms in total. The number of carbonyl (C=O) groups is 3. The average molecular weight is 386 g/mol. The lowest BCUT2D eigenvalue weighted by atomic mass is 9.89. The van der Waals surface area contributed by atoms with Crippen LogP contribution in [-0.2, 0) is 4.79 Å². The summed E-state index contributed by atoms with van der Waals surface area (Å²) in [5.41, 5.74) is 1.15. The first-order valence-corrected chi connectivity index (χ1v) is 9.75. The van der Waals surface area contributed by atoms with Crippen molar-refractivity contribution in [2.45, 2.75) is 37.8 Å². The third-order valence-electron chi connectivity index (χ3n) is 4.88. The molecule has 140 valence electrons. The lowest BCUT2D eigenvalue weighted by Crippen LogP contribution is -2.54. The molecule has 0 unspecified atom stereocenters. The molecule has 1 saturated heterocycles. The maximum absolute atomic E-state index is 12.8. The average Bonchev–Trinajstić information content (AvgIpc) is 3.33. The first-order valence-electron chi connectivity index (χ1n) is 8.76. The number of amides is 3. The van der Waals surface area contributed by atoms with Gasteiger partial charge in [0.1, 0.15) is 6.33 Å². The molecule has 2 aromatic rings. The molecule has 27 heavy (non-hydrogen) atoms. The smallest absolute Gasteiger partial charge is 0.289 e. The highest BCUT2D eigenvalue weighted by atomic mass is 32.2. The van der Waals surface area contributed by atoms with Gasteiger partial charge in [0.2, 0.25) is 5.91 Å². The number of rotatable bonds is 4. The van der Waals surface area contributed by atoms with E-state index in [0.29, 0.717) is 17.7 Å². The summed E-state index contributed by atoms with van der Waals surface area (Å²) in [5.74, 6) is -0.227. The second-order valence-corrected chi connectivity index (χ2v) is 7.48. The van der Waals surface area contributed by atoms with Crippen LogP contribution in [0.5, 0.6) is 0 Å². The molecular weight excluding hydrogens is 368 g/mol. The van der Waals surface area contributed by atoms with Crippen LogP contribution in [0.2, 0.25) is 0 Å². The largest absolute Gasteiger partial charge is 0.347 e. The van der Waals surface area contributed by atoms with Gasteiger partial charge >= 0.3 is 0 Å². The van der Waals surface area contributed by atoms with E-state index in [9.17, 15) is 14.4 Å². The Labute approximate surface area is 159 Å². The second-order valence-electron chi connectivity index (χ2n) is 6.55. The monoisotopic (exact) mass is 386 g/mol. The van der Waals surface area contributed by atoms with Crippen molar-refractivity contribution in [3.63, 3.8) is 0 Å². The Balaban J connectivity index is 1.52. The molecule has 0 spiro atoms. The van der Waals surface area contributed by atoms with Crippen LogP contribution in [-0.4, -0.2) is 60.0 Å². The fourth-order valence-corrected chi connectivity index (χ4v) is 4.36. The summed E-state index contributed by atoms with van der Waals surface area (Å²) >= 11 is 1.03. The highest BCUT2D eigenvalue weighted by Crippen LogP contribution is 2.30. The molecule has 10 heteroatoms. The van der Waals surface area contributed by atoms with Crippen LogP contribution in [0.1, 0.15) is 36.0 Å². The van der Waals surface area contributed by atoms with Crippen LogP contribution >= 0.6 is 11.8 Å². The summed E-state index contributed by atoms with van der Waals surface area (Å²) in [5, 5.41) is 13.8. The van der Waals surface area contributed by atoms with Crippen LogP contribution in [0.15, 0.2) is 30.6 Å². The molecule has 1 aromatic heterocycles. The van der Waals surface area contributed by atoms with E-state index in [0.717, 1.165) is 31.0 Å². The van der Waals surface area contributed by atoms with Crippen LogP contribution in [0.3, 0.4) is 0 Å². The zero-order chi connectivity index (χ0) is 18.8. The number of imide groups is 1. The van der Waals surface area contributed by atoms with Gasteiger partial charge in [-0.25, -0.2) is 4.68 Å². The van der Waals surface area contributed by atoms with Crippen LogP contribution in [0.4, 0.5) is 4.79 Å². The first-order chi connectivity index (χ1) is 13.1. The third-order valence-corrected chi connectivity index (χ3v) is 5.72. The fraction of sp³-hybridized carbons (Fsp3) is 0.412. The zero-order valence-electron chi connectivity index (χ0n) is 14.4. The molecule has 0 radical (unpaired) electrons. The highest BCUT2D eigenvalue weighted by Gasteiger charge is 2.41. The number of nitrogens with zero attached hydrogens (tertiary/aromatic N) is 5. The summed E-state index contributed by atoms with van der Waals surface area (Å²) < 4.78 is 1.47. The van der Waals surface area contributed by atoms with Crippen molar-refractivity contribution in [1.82, 2.24) is 30.4 Å². The van der Waals surface area contributed by atoms with Gasteiger partial charge in [-0.2, -0.15) is 0 Å². The van der Waals surface area contributed by atoms with Crippen molar-refractivity contribution in [3.05, 3.63) is 36.2 Å². The van der Waals surface area contributed by atoms with E-state index in [1.54, 1.807) is 24.3 Å². The van der Waals surface area contributed by atoms with E-state index < -0.39 is 0 Å². The molecule has 1 aromatic carbocycles. The van der Waals surface area contributed by atoms with E-state index in [2.05, 4.69) is 20.8 Å². The summed E-state index contributed by atoms with van der Waals surface area (Å²) in [7, 11) is 0. The Morgan fingerprint density at radius 1 is 1.22 bits per heavy atom. The van der Waals surface area contributed by atoms with E-state index >= 15 is 0 Å². The molecule has 2 atom stereocenters. The molecule has 1 N–H and O–H groups in total. The van der Waals surface area contributed by atoms with Crippen LogP contribution in [0.25, 0.3) is 5.69 Å². The quantitative estimate of drug-likeness (QED) is 0.845. The Bertz CT molecular complexity index is 855. The van der Waals surface area contributed by atoms with E-state index in [4.69, 9.17) is 0 Å². The normalized spacial score (nSPS) is 22.9. The zero-order valence-corrected chi connectivity index (χ0v) is 15.3. The van der Waals surface area contributed by atoms with E-state index in [1.165, 1.54) is 15.9 Å². The second kappa shape index (κ2) is 7.47. The van der Waals surface area contributed by atoms with Gasteiger partial charge < -0.3 is 5.32 Å². The number of nitrogens with one attached hydrogen (secondary N) is 1. The third kappa shape index (κ3) is 3.57. The van der Waals surface area contributed by atoms with Gasteiger partial charge in [0.05, 0.1) is 23.5 Å². The predicted octanol–water partition coefficient (Wildman–Crippen LogP) is 1.40. The van der Waals surface area contributed by atoms with Crippen LogP contribution < -0.4 is 5.32 Å². The molecule has 1 aliphatic carbocycles. The molecule has 2 heterocycles. The number of carbonyl (C=O) groups excluding carboxylic acids is 3. The Kier molecular flexibility index (Phi) is 4.88. The van der Waals surface area contributed by atoms with Gasteiger partial charge in [0.15, 0.2) is 0 Å². The number of benzene rings is 1. The minimum absolute atomic E-state index is 0.170. The fourth-order valence-electron chi connectivity index (χ4n) is 3.59. The number of hydrogen-bond donors (Lipinski definition) is 1. The highest BCUT2D eigenvalue weighted by molar-refractivity contribution is 8.14. The minimum Gasteiger partial charge on any atom is -0.347 e. The van der Waals surface area contributed by atoms with Crippen molar-refractivity contribution in [2.75, 3.05) is 5.75 Å². The minimum atomic E-state index is -0.277. The molecule has 1 aliphatic heterocycles. The number of tetrazole rings is 1. The van der Waals surface area contributed by atoms with Gasteiger partial charge in [-0.15, -0.1) is 5.10 Å². The van der Waals surface area contributed by atoms with Crippen molar-refractivity contribution in [3.8, 4) is 5.69 Å². The van der Waals surface area contributed by atoms with Crippen molar-refractivity contribution >= 4 is 28.8 Å². The van der Waals surface area contributed by atoms with E-state index in [1.807, 2.05) is 0 Å². The standard InChI is InChI=1S/C17H18N6O3S/c24-15-9-27-17(26)23(15)14-7-2-1-6-13(14)19-16(25)11-4-3-5-12(8-11)22-10-18-20-21-22/h3-5,8,10,13-14H,1-2,6-7,9H2,(H,19,25)/t13-,14+/m0/s1. The van der Waals surface area contributed by atoms with Gasteiger partial charge in [-0.1, -0.05) is 30.7 Å². The molecule has 1 saturated carbocycles. The Hall–Kier alpha value is -2.75. The number of aromatic nitrogens is 4. The molecule has 2 aliphatic rings. The summed E-state index contributed by atoms with van der Waals surface area (Å²) in [6.07, 6.45) is 4.80. The summed E-state index contributed by atoms with van der Waals surface area (Å²) in [4.78, 5) is 38.3. The maximum Gasteiger partial charge on any atom is 0.289 e. The Morgan fingerprint density at radius 2 is 2.07 bits per heavy atom. The number of hydrogen-bond acceptors (Lipinski definition) is 7. The summed E-state index contributed by atoms with van der Waals surface area (Å²) in [6.45, 7) is 0. The van der Waals surface area contributed by atoms with Gasteiger partial charge in [0.25, 0.3) is 11.1 Å². The van der Waals surface area contributed by atoms with Gasteiger partial charge in [-0.3, -0.25) is 19.3 Å².